The molecule has 2 aromatic carbocycles. The first-order chi connectivity index (χ1) is 16.9. The van der Waals surface area contributed by atoms with Crippen LogP contribution < -0.4 is 16.0 Å². The van der Waals surface area contributed by atoms with Gasteiger partial charge in [0.2, 0.25) is 5.91 Å². The number of anilines is 2. The summed E-state index contributed by atoms with van der Waals surface area (Å²) in [7, 11) is 0. The number of carbonyl (C=O) groups is 2. The van der Waals surface area contributed by atoms with Crippen LogP contribution in [-0.4, -0.2) is 16.8 Å². The van der Waals surface area contributed by atoms with Crippen molar-refractivity contribution in [1.82, 2.24) is 10.3 Å². The van der Waals surface area contributed by atoms with Crippen LogP contribution in [0.15, 0.2) is 79.6 Å². The van der Waals surface area contributed by atoms with Crippen molar-refractivity contribution in [2.45, 2.75) is 54.1 Å². The standard InChI is InChI=1S/C25H26N4O2.2C2H6/c1-4-24(30)27-15-19-7-5-9-22(12-19)28-18(3)20-8-6-10-23(13-20)29-25(31)21-11-17(2)14-26-16-21;2*1-2/h4-14,16,18,28H,1,15H2,2-3H3,(H,27,30)(H,29,31);2*1-2H3. The van der Waals surface area contributed by atoms with E-state index in [2.05, 4.69) is 34.4 Å². The average molecular weight is 475 g/mol. The zero-order valence-corrected chi connectivity index (χ0v) is 21.7. The number of nitrogens with zero attached hydrogens (tertiary/aromatic N) is 1. The normalized spacial score (nSPS) is 10.3. The van der Waals surface area contributed by atoms with Crippen LogP contribution in [0.3, 0.4) is 0 Å². The molecule has 0 aliphatic heterocycles. The fourth-order valence-corrected chi connectivity index (χ4v) is 3.13. The van der Waals surface area contributed by atoms with Crippen LogP contribution >= 0.6 is 0 Å². The van der Waals surface area contributed by atoms with Crippen molar-refractivity contribution in [1.29, 1.82) is 0 Å². The van der Waals surface area contributed by atoms with E-state index in [0.29, 0.717) is 12.1 Å². The summed E-state index contributed by atoms with van der Waals surface area (Å²) < 4.78 is 0. The minimum absolute atomic E-state index is 0.00973. The number of benzene rings is 2. The van der Waals surface area contributed by atoms with Crippen molar-refractivity contribution in [3.8, 4) is 0 Å². The van der Waals surface area contributed by atoms with Crippen molar-refractivity contribution in [2.24, 2.45) is 0 Å². The van der Waals surface area contributed by atoms with E-state index >= 15 is 0 Å². The molecule has 0 aliphatic rings. The molecule has 0 spiro atoms. The smallest absolute Gasteiger partial charge is 0.257 e. The number of nitrogens with one attached hydrogen (secondary N) is 3. The maximum atomic E-state index is 12.5. The number of rotatable bonds is 8. The van der Waals surface area contributed by atoms with Crippen LogP contribution in [0.4, 0.5) is 11.4 Å². The van der Waals surface area contributed by atoms with Gasteiger partial charge >= 0.3 is 0 Å². The van der Waals surface area contributed by atoms with E-state index in [1.165, 1.54) is 6.08 Å². The monoisotopic (exact) mass is 474 g/mol. The summed E-state index contributed by atoms with van der Waals surface area (Å²) in [6.07, 6.45) is 4.53. The van der Waals surface area contributed by atoms with Crippen LogP contribution in [0, 0.1) is 6.92 Å². The lowest BCUT2D eigenvalue weighted by Gasteiger charge is -2.17. The SMILES string of the molecule is C=CC(=O)NCc1cccc(NC(C)c2cccc(NC(=O)c3cncc(C)c3)c2)c1.CC.CC. The molecule has 3 N–H and O–H groups in total. The fourth-order valence-electron chi connectivity index (χ4n) is 3.13. The maximum Gasteiger partial charge on any atom is 0.257 e. The highest BCUT2D eigenvalue weighted by atomic mass is 16.2. The molecule has 0 radical (unpaired) electrons. The zero-order valence-electron chi connectivity index (χ0n) is 21.7. The van der Waals surface area contributed by atoms with Gasteiger partial charge in [0, 0.05) is 36.4 Å². The summed E-state index contributed by atoms with van der Waals surface area (Å²) in [5, 5.41) is 9.17. The number of hydrogen-bond acceptors (Lipinski definition) is 4. The Kier molecular flexibility index (Phi) is 13.2. The quantitative estimate of drug-likeness (QED) is 0.318. The number of hydrogen-bond donors (Lipinski definition) is 3. The molecule has 6 heteroatoms. The highest BCUT2D eigenvalue weighted by Crippen LogP contribution is 2.23. The van der Waals surface area contributed by atoms with Crippen molar-refractivity contribution in [3.63, 3.8) is 0 Å². The average Bonchev–Trinajstić information content (AvgIpc) is 2.90. The molecule has 0 aliphatic carbocycles. The van der Waals surface area contributed by atoms with E-state index in [9.17, 15) is 9.59 Å². The molecule has 0 bridgehead atoms. The van der Waals surface area contributed by atoms with Gasteiger partial charge in [-0.1, -0.05) is 58.5 Å². The second-order valence-corrected chi connectivity index (χ2v) is 7.32. The van der Waals surface area contributed by atoms with E-state index in [0.717, 1.165) is 28.1 Å². The number of pyridine rings is 1. The Bertz CT molecular complexity index is 1100. The van der Waals surface area contributed by atoms with Gasteiger partial charge in [0.1, 0.15) is 0 Å². The first-order valence-corrected chi connectivity index (χ1v) is 12.0. The lowest BCUT2D eigenvalue weighted by Crippen LogP contribution is -2.20. The predicted molar refractivity (Wildman–Crippen MR) is 147 cm³/mol. The van der Waals surface area contributed by atoms with E-state index in [1.54, 1.807) is 18.5 Å². The zero-order chi connectivity index (χ0) is 26.2. The van der Waals surface area contributed by atoms with Crippen LogP contribution in [0.25, 0.3) is 0 Å². The number of carbonyl (C=O) groups excluding carboxylic acids is 2. The summed E-state index contributed by atoms with van der Waals surface area (Å²) >= 11 is 0. The van der Waals surface area contributed by atoms with Gasteiger partial charge in [0.05, 0.1) is 5.56 Å². The Morgan fingerprint density at radius 1 is 0.971 bits per heavy atom. The minimum Gasteiger partial charge on any atom is -0.379 e. The topological polar surface area (TPSA) is 83.1 Å². The molecule has 3 aromatic rings. The molecule has 6 nitrogen and oxygen atoms in total. The van der Waals surface area contributed by atoms with Crippen LogP contribution in [0.5, 0.6) is 0 Å². The minimum atomic E-state index is -0.202. The number of amides is 2. The van der Waals surface area contributed by atoms with Gasteiger partial charge in [-0.25, -0.2) is 0 Å². The van der Waals surface area contributed by atoms with Crippen molar-refractivity contribution in [3.05, 3.63) is 102 Å². The Morgan fingerprint density at radius 2 is 1.66 bits per heavy atom. The molecule has 1 heterocycles. The first-order valence-electron chi connectivity index (χ1n) is 12.0. The van der Waals surface area contributed by atoms with Gasteiger partial charge < -0.3 is 16.0 Å². The number of aromatic nitrogens is 1. The van der Waals surface area contributed by atoms with Crippen LogP contribution in [0.2, 0.25) is 0 Å². The van der Waals surface area contributed by atoms with Crippen molar-refractivity contribution < 1.29 is 9.59 Å². The second-order valence-electron chi connectivity index (χ2n) is 7.32. The third-order valence-corrected chi connectivity index (χ3v) is 4.74. The third kappa shape index (κ3) is 9.84. The second kappa shape index (κ2) is 15.8. The Labute approximate surface area is 209 Å². The lowest BCUT2D eigenvalue weighted by molar-refractivity contribution is -0.116. The largest absolute Gasteiger partial charge is 0.379 e. The molecule has 35 heavy (non-hydrogen) atoms. The Morgan fingerprint density at radius 3 is 2.34 bits per heavy atom. The van der Waals surface area contributed by atoms with Gasteiger partial charge in [-0.2, -0.15) is 0 Å². The molecule has 1 atom stereocenters. The highest BCUT2D eigenvalue weighted by molar-refractivity contribution is 6.04. The third-order valence-electron chi connectivity index (χ3n) is 4.74. The van der Waals surface area contributed by atoms with Gasteiger partial charge in [-0.3, -0.25) is 14.6 Å². The molecule has 3 rings (SSSR count). The van der Waals surface area contributed by atoms with Crippen LogP contribution in [-0.2, 0) is 11.3 Å². The predicted octanol–water partition coefficient (Wildman–Crippen LogP) is 6.67. The molecule has 0 fully saturated rings. The van der Waals surface area contributed by atoms with Gasteiger partial charge in [-0.15, -0.1) is 0 Å². The summed E-state index contributed by atoms with van der Waals surface area (Å²) in [5.74, 6) is -0.393. The molecular weight excluding hydrogens is 436 g/mol. The molecule has 1 unspecified atom stereocenters. The van der Waals surface area contributed by atoms with E-state index in [-0.39, 0.29) is 17.9 Å². The van der Waals surface area contributed by atoms with Gasteiger partial charge in [0.15, 0.2) is 0 Å². The molecule has 0 saturated carbocycles. The van der Waals surface area contributed by atoms with E-state index in [1.807, 2.05) is 83.1 Å². The Balaban J connectivity index is 0.00000145. The summed E-state index contributed by atoms with van der Waals surface area (Å²) in [5.41, 5.74) is 5.14. The van der Waals surface area contributed by atoms with Crippen molar-refractivity contribution >= 4 is 23.2 Å². The Hall–Kier alpha value is -3.93. The van der Waals surface area contributed by atoms with E-state index < -0.39 is 0 Å². The first kappa shape index (κ1) is 29.1. The maximum absolute atomic E-state index is 12.5. The molecule has 0 saturated heterocycles. The summed E-state index contributed by atoms with van der Waals surface area (Å²) in [4.78, 5) is 27.9. The van der Waals surface area contributed by atoms with Gasteiger partial charge in [0.25, 0.3) is 5.91 Å². The van der Waals surface area contributed by atoms with E-state index in [4.69, 9.17) is 0 Å². The summed E-state index contributed by atoms with van der Waals surface area (Å²) in [6.45, 7) is 15.8. The fraction of sp³-hybridized carbons (Fsp3) is 0.276. The van der Waals surface area contributed by atoms with Crippen molar-refractivity contribution in [2.75, 3.05) is 10.6 Å². The lowest BCUT2D eigenvalue weighted by atomic mass is 10.1. The number of aryl methyl sites for hydroxylation is 1. The molecule has 2 amide bonds. The molecule has 186 valence electrons. The molecule has 1 aromatic heterocycles. The van der Waals surface area contributed by atoms with Crippen LogP contribution in [0.1, 0.15) is 67.7 Å². The summed E-state index contributed by atoms with van der Waals surface area (Å²) in [6, 6.07) is 17.4. The molecular formula is C29H38N4O2. The highest BCUT2D eigenvalue weighted by Gasteiger charge is 2.10. The van der Waals surface area contributed by atoms with Gasteiger partial charge in [-0.05, 0) is 66.9 Å².